The van der Waals surface area contributed by atoms with E-state index in [1.807, 2.05) is 0 Å². The molecule has 0 amide bonds. The summed E-state index contributed by atoms with van der Waals surface area (Å²) in [4.78, 5) is 0. The summed E-state index contributed by atoms with van der Waals surface area (Å²) >= 11 is 2.06. The van der Waals surface area contributed by atoms with Crippen LogP contribution < -0.4 is 5.73 Å². The van der Waals surface area contributed by atoms with Crippen molar-refractivity contribution in [3.63, 3.8) is 0 Å². The van der Waals surface area contributed by atoms with Gasteiger partial charge in [0.1, 0.15) is 0 Å². The molecule has 0 bridgehead atoms. The number of thioether (sulfide) groups is 1. The third-order valence-electron chi connectivity index (χ3n) is 5.20. The van der Waals surface area contributed by atoms with Gasteiger partial charge in [0.15, 0.2) is 0 Å². The first-order valence-corrected chi connectivity index (χ1v) is 8.28. The van der Waals surface area contributed by atoms with Crippen molar-refractivity contribution in [3.8, 4) is 0 Å². The zero-order valence-electron chi connectivity index (χ0n) is 10.9. The normalized spacial score (nSPS) is 51.2. The molecule has 0 aromatic rings. The molecule has 0 aromatic heterocycles. The second-order valence-corrected chi connectivity index (χ2v) is 7.71. The van der Waals surface area contributed by atoms with Gasteiger partial charge in [0.05, 0.1) is 5.60 Å². The Bertz CT molecular complexity index is 290. The second-order valence-electron chi connectivity index (χ2n) is 6.60. The van der Waals surface area contributed by atoms with E-state index < -0.39 is 0 Å². The predicted molar refractivity (Wildman–Crippen MR) is 73.3 cm³/mol. The Hall–Kier alpha value is 0.270. The minimum absolute atomic E-state index is 0.128. The molecule has 1 aliphatic carbocycles. The molecule has 4 atom stereocenters. The van der Waals surface area contributed by atoms with Crippen LogP contribution in [0.25, 0.3) is 0 Å². The van der Waals surface area contributed by atoms with Gasteiger partial charge >= 0.3 is 0 Å². The summed E-state index contributed by atoms with van der Waals surface area (Å²) in [7, 11) is 0. The molecule has 17 heavy (non-hydrogen) atoms. The maximum absolute atomic E-state index is 6.71. The van der Waals surface area contributed by atoms with Crippen molar-refractivity contribution in [3.05, 3.63) is 0 Å². The lowest BCUT2D eigenvalue weighted by Gasteiger charge is -2.44. The van der Waals surface area contributed by atoms with Crippen LogP contribution in [0.3, 0.4) is 0 Å². The molecule has 1 saturated carbocycles. The molecular formula is C14H25NOS. The summed E-state index contributed by atoms with van der Waals surface area (Å²) in [6.45, 7) is 3.30. The number of ether oxygens (including phenoxy) is 1. The van der Waals surface area contributed by atoms with Crippen LogP contribution in [-0.4, -0.2) is 29.3 Å². The van der Waals surface area contributed by atoms with Crippen molar-refractivity contribution >= 4 is 11.8 Å². The van der Waals surface area contributed by atoms with Gasteiger partial charge in [-0.25, -0.2) is 0 Å². The summed E-state index contributed by atoms with van der Waals surface area (Å²) < 4.78 is 6.11. The Labute approximate surface area is 109 Å². The largest absolute Gasteiger partial charge is 0.374 e. The van der Waals surface area contributed by atoms with Gasteiger partial charge in [-0.1, -0.05) is 6.92 Å². The van der Waals surface area contributed by atoms with Crippen molar-refractivity contribution in [2.75, 3.05) is 18.1 Å². The van der Waals surface area contributed by atoms with Gasteiger partial charge in [0.25, 0.3) is 0 Å². The average Bonchev–Trinajstić information content (AvgIpc) is 2.88. The first-order chi connectivity index (χ1) is 8.12. The zero-order valence-corrected chi connectivity index (χ0v) is 11.7. The van der Waals surface area contributed by atoms with Crippen LogP contribution in [0.2, 0.25) is 0 Å². The quantitative estimate of drug-likeness (QED) is 0.782. The van der Waals surface area contributed by atoms with E-state index in [0.29, 0.717) is 5.92 Å². The molecule has 2 nitrogen and oxygen atoms in total. The molecule has 0 aromatic carbocycles. The molecule has 2 heterocycles. The number of hydrogen-bond acceptors (Lipinski definition) is 3. The van der Waals surface area contributed by atoms with E-state index in [1.54, 1.807) is 0 Å². The van der Waals surface area contributed by atoms with Gasteiger partial charge in [-0.3, -0.25) is 0 Å². The predicted octanol–water partition coefficient (Wildman–Crippen LogP) is 2.81. The molecule has 3 heteroatoms. The molecule has 1 spiro atoms. The maximum atomic E-state index is 6.71. The average molecular weight is 255 g/mol. The van der Waals surface area contributed by atoms with E-state index >= 15 is 0 Å². The maximum Gasteiger partial charge on any atom is 0.0783 e. The molecule has 2 aliphatic heterocycles. The highest BCUT2D eigenvalue weighted by molar-refractivity contribution is 7.99. The summed E-state index contributed by atoms with van der Waals surface area (Å²) in [6.07, 6.45) is 7.47. The van der Waals surface area contributed by atoms with E-state index in [4.69, 9.17) is 10.5 Å². The van der Waals surface area contributed by atoms with E-state index in [2.05, 4.69) is 18.7 Å². The van der Waals surface area contributed by atoms with Crippen molar-refractivity contribution < 1.29 is 4.74 Å². The van der Waals surface area contributed by atoms with Gasteiger partial charge < -0.3 is 10.5 Å². The Morgan fingerprint density at radius 1 is 1.24 bits per heavy atom. The van der Waals surface area contributed by atoms with Gasteiger partial charge in [0.2, 0.25) is 0 Å². The third-order valence-corrected chi connectivity index (χ3v) is 6.43. The molecule has 2 saturated heterocycles. The minimum atomic E-state index is 0.128. The lowest BCUT2D eigenvalue weighted by atomic mass is 9.73. The van der Waals surface area contributed by atoms with Gasteiger partial charge in [-0.2, -0.15) is 11.8 Å². The Morgan fingerprint density at radius 3 is 2.76 bits per heavy atom. The van der Waals surface area contributed by atoms with Crippen LogP contribution in [0.4, 0.5) is 0 Å². The molecule has 0 radical (unpaired) electrons. The molecule has 3 aliphatic rings. The lowest BCUT2D eigenvalue weighted by molar-refractivity contribution is -0.0922. The highest BCUT2D eigenvalue weighted by Gasteiger charge is 2.48. The fourth-order valence-electron chi connectivity index (χ4n) is 4.12. The fraction of sp³-hybridized carbons (Fsp3) is 1.00. The lowest BCUT2D eigenvalue weighted by Crippen LogP contribution is -2.52. The summed E-state index contributed by atoms with van der Waals surface area (Å²) in [5, 5.41) is 0. The molecule has 3 rings (SSSR count). The second kappa shape index (κ2) is 4.43. The Kier molecular flexibility index (Phi) is 3.21. The molecule has 4 unspecified atom stereocenters. The van der Waals surface area contributed by atoms with Gasteiger partial charge in [-0.05, 0) is 56.1 Å². The fourth-order valence-corrected chi connectivity index (χ4v) is 5.50. The first-order valence-electron chi connectivity index (χ1n) is 7.13. The molecular weight excluding hydrogens is 230 g/mol. The van der Waals surface area contributed by atoms with Crippen LogP contribution in [0.1, 0.15) is 45.4 Å². The zero-order chi connectivity index (χ0) is 11.9. The molecule has 2 N–H and O–H groups in total. The van der Waals surface area contributed by atoms with E-state index in [0.717, 1.165) is 12.5 Å². The SMILES string of the molecule is CC1CCC(N)(C2CCOC3(CCSC3)C2)C1. The third kappa shape index (κ3) is 2.26. The van der Waals surface area contributed by atoms with Crippen LogP contribution in [0.15, 0.2) is 0 Å². The monoisotopic (exact) mass is 255 g/mol. The van der Waals surface area contributed by atoms with Crippen LogP contribution >= 0.6 is 11.8 Å². The molecule has 98 valence electrons. The number of nitrogens with two attached hydrogens (primary N) is 1. The summed E-state index contributed by atoms with van der Waals surface area (Å²) in [5.41, 5.74) is 7.04. The van der Waals surface area contributed by atoms with Crippen LogP contribution in [0.5, 0.6) is 0 Å². The Morgan fingerprint density at radius 2 is 2.12 bits per heavy atom. The van der Waals surface area contributed by atoms with Crippen molar-refractivity contribution in [2.24, 2.45) is 17.6 Å². The number of hydrogen-bond donors (Lipinski definition) is 1. The van der Waals surface area contributed by atoms with Gasteiger partial charge in [-0.15, -0.1) is 0 Å². The summed E-state index contributed by atoms with van der Waals surface area (Å²) in [5.74, 6) is 4.02. The summed E-state index contributed by atoms with van der Waals surface area (Å²) in [6, 6.07) is 0. The first kappa shape index (κ1) is 12.3. The number of rotatable bonds is 1. The van der Waals surface area contributed by atoms with E-state index in [9.17, 15) is 0 Å². The molecule has 3 fully saturated rings. The smallest absolute Gasteiger partial charge is 0.0783 e. The highest BCUT2D eigenvalue weighted by atomic mass is 32.2. The van der Waals surface area contributed by atoms with Crippen LogP contribution in [-0.2, 0) is 4.74 Å². The van der Waals surface area contributed by atoms with Crippen molar-refractivity contribution in [1.29, 1.82) is 0 Å². The van der Waals surface area contributed by atoms with E-state index in [1.165, 1.54) is 50.0 Å². The standard InChI is InChI=1S/C14H25NOS/c1-11-2-4-14(15,8-11)12-3-6-16-13(9-12)5-7-17-10-13/h11-12H,2-10,15H2,1H3. The van der Waals surface area contributed by atoms with E-state index in [-0.39, 0.29) is 11.1 Å². The highest BCUT2D eigenvalue weighted by Crippen LogP contribution is 2.47. The van der Waals surface area contributed by atoms with Gasteiger partial charge in [0, 0.05) is 17.9 Å². The van der Waals surface area contributed by atoms with Crippen molar-refractivity contribution in [1.82, 2.24) is 0 Å². The minimum Gasteiger partial charge on any atom is -0.374 e. The van der Waals surface area contributed by atoms with Crippen LogP contribution in [0, 0.1) is 11.8 Å². The Balaban J connectivity index is 1.71. The topological polar surface area (TPSA) is 35.2 Å². The van der Waals surface area contributed by atoms with Crippen molar-refractivity contribution in [2.45, 2.75) is 56.6 Å².